The summed E-state index contributed by atoms with van der Waals surface area (Å²) in [6.45, 7) is -0.752. The van der Waals surface area contributed by atoms with Crippen molar-refractivity contribution in [1.82, 2.24) is 10.6 Å². The Balaban J connectivity index is 1.64. The van der Waals surface area contributed by atoms with Crippen molar-refractivity contribution < 1.29 is 36.0 Å². The summed E-state index contributed by atoms with van der Waals surface area (Å²) in [7, 11) is 0. The van der Waals surface area contributed by atoms with Gasteiger partial charge in [-0.3, -0.25) is 9.59 Å². The normalized spacial score (nSPS) is 10.8. The van der Waals surface area contributed by atoms with Crippen LogP contribution in [0.25, 0.3) is 11.0 Å². The van der Waals surface area contributed by atoms with E-state index in [0.717, 1.165) is 0 Å². The SMILES string of the molecule is O=C(NCCNC(=O)c1cc2cc[c]cc2oc1=O)c1c(F)c(F)c(F)c(F)c1F. The Morgan fingerprint density at radius 1 is 0.900 bits per heavy atom. The molecular weight excluding hydrogens is 415 g/mol. The number of nitrogens with one attached hydrogen (secondary N) is 2. The van der Waals surface area contributed by atoms with Crippen LogP contribution < -0.4 is 16.3 Å². The topological polar surface area (TPSA) is 88.4 Å². The van der Waals surface area contributed by atoms with E-state index in [2.05, 4.69) is 11.4 Å². The van der Waals surface area contributed by atoms with Crippen LogP contribution in [-0.4, -0.2) is 24.9 Å². The predicted octanol–water partition coefficient (Wildman–Crippen LogP) is 2.45. The minimum Gasteiger partial charge on any atom is -0.422 e. The van der Waals surface area contributed by atoms with Gasteiger partial charge in [0, 0.05) is 18.5 Å². The highest BCUT2D eigenvalue weighted by Gasteiger charge is 2.29. The molecule has 0 aliphatic heterocycles. The van der Waals surface area contributed by atoms with Crippen molar-refractivity contribution in [3.63, 3.8) is 0 Å². The number of carbonyl (C=O) groups is 2. The Labute approximate surface area is 164 Å². The van der Waals surface area contributed by atoms with Gasteiger partial charge in [-0.15, -0.1) is 0 Å². The summed E-state index contributed by atoms with van der Waals surface area (Å²) in [6, 6.07) is 8.48. The molecule has 30 heavy (non-hydrogen) atoms. The molecule has 0 saturated carbocycles. The molecule has 0 atom stereocenters. The van der Waals surface area contributed by atoms with Gasteiger partial charge in [0.1, 0.15) is 16.7 Å². The van der Waals surface area contributed by atoms with E-state index < -0.39 is 58.6 Å². The fourth-order valence-electron chi connectivity index (χ4n) is 2.50. The van der Waals surface area contributed by atoms with E-state index in [4.69, 9.17) is 4.42 Å². The molecule has 6 nitrogen and oxygen atoms in total. The third kappa shape index (κ3) is 3.86. The van der Waals surface area contributed by atoms with Gasteiger partial charge in [-0.25, -0.2) is 26.7 Å². The van der Waals surface area contributed by atoms with Crippen LogP contribution in [0.2, 0.25) is 0 Å². The molecule has 3 rings (SSSR count). The summed E-state index contributed by atoms with van der Waals surface area (Å²) in [5.41, 5.74) is -2.69. The van der Waals surface area contributed by atoms with Crippen LogP contribution in [0.3, 0.4) is 0 Å². The van der Waals surface area contributed by atoms with Gasteiger partial charge in [0.25, 0.3) is 11.8 Å². The van der Waals surface area contributed by atoms with Gasteiger partial charge in [0.2, 0.25) is 5.82 Å². The highest BCUT2D eigenvalue weighted by atomic mass is 19.2. The molecule has 1 aromatic heterocycles. The first-order valence-electron chi connectivity index (χ1n) is 8.24. The average Bonchev–Trinajstić information content (AvgIpc) is 2.73. The molecule has 11 heteroatoms. The summed E-state index contributed by atoms with van der Waals surface area (Å²) in [5.74, 6) is -13.9. The van der Waals surface area contributed by atoms with E-state index in [1.165, 1.54) is 12.1 Å². The molecule has 0 saturated heterocycles. The van der Waals surface area contributed by atoms with Crippen LogP contribution in [0.15, 0.2) is 33.5 Å². The number of hydrogen-bond donors (Lipinski definition) is 2. The molecule has 0 bridgehead atoms. The number of carbonyl (C=O) groups excluding carboxylic acids is 2. The molecule has 0 aliphatic carbocycles. The molecule has 2 aromatic carbocycles. The Kier molecular flexibility index (Phi) is 5.81. The minimum atomic E-state index is -2.39. The second kappa shape index (κ2) is 8.31. The summed E-state index contributed by atoms with van der Waals surface area (Å²) < 4.78 is 71.5. The van der Waals surface area contributed by atoms with Crippen LogP contribution in [0, 0.1) is 35.2 Å². The number of benzene rings is 2. The molecule has 155 valence electrons. The Hall–Kier alpha value is -3.76. The Bertz CT molecular complexity index is 1200. The minimum absolute atomic E-state index is 0.217. The number of hydrogen-bond acceptors (Lipinski definition) is 4. The lowest BCUT2D eigenvalue weighted by Crippen LogP contribution is -2.37. The zero-order valence-corrected chi connectivity index (χ0v) is 14.7. The first kappa shape index (κ1) is 21.0. The van der Waals surface area contributed by atoms with Crippen LogP contribution in [0.5, 0.6) is 0 Å². The molecule has 0 unspecified atom stereocenters. The number of rotatable bonds is 5. The fourth-order valence-corrected chi connectivity index (χ4v) is 2.50. The molecule has 0 spiro atoms. The van der Waals surface area contributed by atoms with Gasteiger partial charge in [-0.05, 0) is 18.2 Å². The molecular formula is C19H10F5N2O4. The lowest BCUT2D eigenvalue weighted by molar-refractivity contribution is 0.0919. The van der Waals surface area contributed by atoms with Crippen molar-refractivity contribution in [2.45, 2.75) is 0 Å². The zero-order valence-electron chi connectivity index (χ0n) is 14.7. The van der Waals surface area contributed by atoms with Gasteiger partial charge in [-0.1, -0.05) is 12.1 Å². The predicted molar refractivity (Wildman–Crippen MR) is 92.2 cm³/mol. The van der Waals surface area contributed by atoms with E-state index in [1.807, 2.05) is 5.32 Å². The third-order valence-electron chi connectivity index (χ3n) is 3.96. The van der Waals surface area contributed by atoms with Crippen molar-refractivity contribution in [3.05, 3.63) is 81.0 Å². The Morgan fingerprint density at radius 3 is 2.10 bits per heavy atom. The Morgan fingerprint density at radius 2 is 1.47 bits per heavy atom. The highest BCUT2D eigenvalue weighted by molar-refractivity contribution is 5.97. The van der Waals surface area contributed by atoms with Crippen LogP contribution in [0.1, 0.15) is 20.7 Å². The van der Waals surface area contributed by atoms with E-state index >= 15 is 0 Å². The summed E-state index contributed by atoms with van der Waals surface area (Å²) in [5, 5.41) is 4.62. The maximum atomic E-state index is 13.6. The first-order chi connectivity index (χ1) is 14.2. The molecule has 0 fully saturated rings. The molecule has 3 aromatic rings. The van der Waals surface area contributed by atoms with Crippen molar-refractivity contribution >= 4 is 22.8 Å². The van der Waals surface area contributed by atoms with E-state index in [-0.39, 0.29) is 17.7 Å². The largest absolute Gasteiger partial charge is 0.422 e. The van der Waals surface area contributed by atoms with Gasteiger partial charge >= 0.3 is 5.63 Å². The summed E-state index contributed by atoms with van der Waals surface area (Å²) in [6.07, 6.45) is 0. The van der Waals surface area contributed by atoms with Gasteiger partial charge in [0.05, 0.1) is 0 Å². The highest BCUT2D eigenvalue weighted by Crippen LogP contribution is 2.22. The van der Waals surface area contributed by atoms with Gasteiger partial charge in [-0.2, -0.15) is 0 Å². The summed E-state index contributed by atoms with van der Waals surface area (Å²) in [4.78, 5) is 35.8. The molecule has 0 aliphatic rings. The number of fused-ring (bicyclic) bond motifs is 1. The van der Waals surface area contributed by atoms with Crippen molar-refractivity contribution in [2.75, 3.05) is 13.1 Å². The van der Waals surface area contributed by atoms with Crippen LogP contribution in [0.4, 0.5) is 22.0 Å². The van der Waals surface area contributed by atoms with Crippen LogP contribution in [-0.2, 0) is 0 Å². The smallest absolute Gasteiger partial charge is 0.349 e. The number of amides is 2. The fraction of sp³-hybridized carbons (Fsp3) is 0.105. The lowest BCUT2D eigenvalue weighted by atomic mass is 10.1. The lowest BCUT2D eigenvalue weighted by Gasteiger charge is -2.10. The number of halogens is 5. The average molecular weight is 425 g/mol. The molecule has 1 heterocycles. The van der Waals surface area contributed by atoms with Crippen molar-refractivity contribution in [2.24, 2.45) is 0 Å². The molecule has 2 amide bonds. The van der Waals surface area contributed by atoms with Crippen molar-refractivity contribution in [3.8, 4) is 0 Å². The quantitative estimate of drug-likeness (QED) is 0.216. The monoisotopic (exact) mass is 425 g/mol. The van der Waals surface area contributed by atoms with Gasteiger partial charge < -0.3 is 15.1 Å². The molecule has 1 radical (unpaired) electrons. The van der Waals surface area contributed by atoms with Gasteiger partial charge in [0.15, 0.2) is 23.3 Å². The maximum absolute atomic E-state index is 13.6. The second-order valence-corrected chi connectivity index (χ2v) is 5.87. The van der Waals surface area contributed by atoms with Crippen molar-refractivity contribution in [1.29, 1.82) is 0 Å². The molecule has 2 N–H and O–H groups in total. The zero-order chi connectivity index (χ0) is 22.0. The van der Waals surface area contributed by atoms with E-state index in [0.29, 0.717) is 5.39 Å². The van der Waals surface area contributed by atoms with E-state index in [1.54, 1.807) is 12.1 Å². The standard InChI is InChI=1S/C19H10F5N2O4/c20-12-11(13(21)15(23)16(24)14(12)22)18(28)26-6-5-25-17(27)9-7-8-3-1-2-4-10(8)30-19(9)29/h1,3-4,7H,5-6H2,(H,25,27)(H,26,28). The van der Waals surface area contributed by atoms with Crippen LogP contribution >= 0.6 is 0 Å². The van der Waals surface area contributed by atoms with E-state index in [9.17, 15) is 36.3 Å². The maximum Gasteiger partial charge on any atom is 0.349 e. The third-order valence-corrected chi connectivity index (χ3v) is 3.96. The second-order valence-electron chi connectivity index (χ2n) is 5.87. The first-order valence-corrected chi connectivity index (χ1v) is 8.24. The summed E-state index contributed by atoms with van der Waals surface area (Å²) >= 11 is 0.